The van der Waals surface area contributed by atoms with Crippen LogP contribution in [0, 0.1) is 4.91 Å². The largest absolute Gasteiger partial charge is 0.380 e. The van der Waals surface area contributed by atoms with Crippen LogP contribution in [0.5, 0.6) is 0 Å². The van der Waals surface area contributed by atoms with Gasteiger partial charge in [-0.15, -0.1) is 4.91 Å². The third-order valence-electron chi connectivity index (χ3n) is 0.935. The minimum absolute atomic E-state index is 0.174. The number of nitrogens with zero attached hydrogens (tertiary/aromatic N) is 3. The summed E-state index contributed by atoms with van der Waals surface area (Å²) in [6, 6.07) is 0. The van der Waals surface area contributed by atoms with E-state index in [2.05, 4.69) is 10.3 Å². The molecule has 9 heavy (non-hydrogen) atoms. The quantitative estimate of drug-likeness (QED) is 0.553. The van der Waals surface area contributed by atoms with Crippen molar-refractivity contribution in [1.82, 2.24) is 9.78 Å². The topological polar surface area (TPSA) is 73.3 Å². The number of rotatable bonds is 1. The molecule has 0 bridgehead atoms. The molecule has 0 aliphatic carbocycles. The zero-order chi connectivity index (χ0) is 6.85. The van der Waals surface area contributed by atoms with Crippen molar-refractivity contribution in [3.8, 4) is 0 Å². The number of nitrogens with two attached hydrogens (primary N) is 1. The summed E-state index contributed by atoms with van der Waals surface area (Å²) in [6.07, 6.45) is 1.46. The lowest BCUT2D eigenvalue weighted by Gasteiger charge is -1.79. The molecule has 0 spiro atoms. The molecule has 5 nitrogen and oxygen atoms in total. The van der Waals surface area contributed by atoms with Gasteiger partial charge in [-0.3, -0.25) is 4.68 Å². The Morgan fingerprint density at radius 2 is 2.56 bits per heavy atom. The van der Waals surface area contributed by atoms with Crippen molar-refractivity contribution in [3.63, 3.8) is 0 Å². The number of nitroso groups, excluding NO2 is 1. The van der Waals surface area contributed by atoms with Crippen molar-refractivity contribution >= 4 is 11.5 Å². The average Bonchev–Trinajstić information content (AvgIpc) is 2.10. The third kappa shape index (κ3) is 0.883. The van der Waals surface area contributed by atoms with Crippen LogP contribution < -0.4 is 5.73 Å². The summed E-state index contributed by atoms with van der Waals surface area (Å²) in [7, 11) is 1.67. The van der Waals surface area contributed by atoms with Crippen LogP contribution >= 0.6 is 0 Å². The Kier molecular flexibility index (Phi) is 1.18. The first kappa shape index (κ1) is 5.74. The molecule has 1 aromatic rings. The average molecular weight is 126 g/mol. The predicted molar refractivity (Wildman–Crippen MR) is 33.1 cm³/mol. The molecular formula is C4H6N4O. The SMILES string of the molecule is Cn1cc(N=O)c(N)n1. The van der Waals surface area contributed by atoms with Gasteiger partial charge in [0, 0.05) is 7.05 Å². The highest BCUT2D eigenvalue weighted by Crippen LogP contribution is 2.17. The van der Waals surface area contributed by atoms with Crippen molar-refractivity contribution in [1.29, 1.82) is 0 Å². The summed E-state index contributed by atoms with van der Waals surface area (Å²) in [4.78, 5) is 9.86. The van der Waals surface area contributed by atoms with Gasteiger partial charge in [0.25, 0.3) is 0 Å². The zero-order valence-corrected chi connectivity index (χ0v) is 4.90. The Bertz CT molecular complexity index is 228. The maximum Gasteiger partial charge on any atom is 0.175 e. The first-order valence-corrected chi connectivity index (χ1v) is 2.36. The number of hydrogen-bond donors (Lipinski definition) is 1. The second-order valence-electron chi connectivity index (χ2n) is 1.66. The van der Waals surface area contributed by atoms with E-state index in [0.717, 1.165) is 0 Å². The minimum Gasteiger partial charge on any atom is -0.380 e. The Morgan fingerprint density at radius 3 is 2.78 bits per heavy atom. The molecule has 0 radical (unpaired) electrons. The van der Waals surface area contributed by atoms with E-state index >= 15 is 0 Å². The Morgan fingerprint density at radius 1 is 1.89 bits per heavy atom. The fraction of sp³-hybridized carbons (Fsp3) is 0.250. The van der Waals surface area contributed by atoms with E-state index in [1.54, 1.807) is 7.05 Å². The van der Waals surface area contributed by atoms with E-state index in [4.69, 9.17) is 5.73 Å². The van der Waals surface area contributed by atoms with Crippen LogP contribution in [0.2, 0.25) is 0 Å². The van der Waals surface area contributed by atoms with Crippen LogP contribution in [-0.2, 0) is 7.05 Å². The van der Waals surface area contributed by atoms with Gasteiger partial charge in [-0.25, -0.2) is 0 Å². The molecule has 0 aromatic carbocycles. The Labute approximate surface area is 51.4 Å². The molecule has 0 atom stereocenters. The van der Waals surface area contributed by atoms with Crippen molar-refractivity contribution in [2.24, 2.45) is 12.2 Å². The van der Waals surface area contributed by atoms with Crippen LogP contribution in [0.15, 0.2) is 11.4 Å². The van der Waals surface area contributed by atoms with Crippen molar-refractivity contribution in [2.45, 2.75) is 0 Å². The van der Waals surface area contributed by atoms with Gasteiger partial charge in [-0.2, -0.15) is 5.10 Å². The number of nitrogen functional groups attached to an aromatic ring is 1. The lowest BCUT2D eigenvalue weighted by Crippen LogP contribution is -1.89. The summed E-state index contributed by atoms with van der Waals surface area (Å²) in [6.45, 7) is 0. The molecule has 0 saturated carbocycles. The maximum atomic E-state index is 9.86. The molecular weight excluding hydrogens is 120 g/mol. The van der Waals surface area contributed by atoms with Crippen LogP contribution in [-0.4, -0.2) is 9.78 Å². The minimum atomic E-state index is 0.174. The molecule has 0 aliphatic rings. The highest BCUT2D eigenvalue weighted by Gasteiger charge is 2.00. The van der Waals surface area contributed by atoms with Gasteiger partial charge in [0.05, 0.1) is 6.20 Å². The summed E-state index contributed by atoms with van der Waals surface area (Å²) in [5.74, 6) is 0.174. The molecule has 1 heterocycles. The first-order valence-electron chi connectivity index (χ1n) is 2.36. The van der Waals surface area contributed by atoms with Gasteiger partial charge in [0.2, 0.25) is 0 Å². The van der Waals surface area contributed by atoms with E-state index in [-0.39, 0.29) is 11.5 Å². The fourth-order valence-corrected chi connectivity index (χ4v) is 0.563. The summed E-state index contributed by atoms with van der Waals surface area (Å²) < 4.78 is 1.44. The van der Waals surface area contributed by atoms with Crippen LogP contribution in [0.1, 0.15) is 0 Å². The lowest BCUT2D eigenvalue weighted by molar-refractivity contribution is 0.772. The van der Waals surface area contributed by atoms with Crippen molar-refractivity contribution < 1.29 is 0 Å². The molecule has 0 fully saturated rings. The number of hydrogen-bond acceptors (Lipinski definition) is 4. The molecule has 1 aromatic heterocycles. The second-order valence-corrected chi connectivity index (χ2v) is 1.66. The van der Waals surface area contributed by atoms with Gasteiger partial charge < -0.3 is 5.73 Å². The van der Waals surface area contributed by atoms with Gasteiger partial charge >= 0.3 is 0 Å². The predicted octanol–water partition coefficient (Wildman–Crippen LogP) is 0.400. The highest BCUT2D eigenvalue weighted by atomic mass is 16.3. The summed E-state index contributed by atoms with van der Waals surface area (Å²) in [5.41, 5.74) is 5.42. The Hall–Kier alpha value is -1.39. The zero-order valence-electron chi connectivity index (χ0n) is 4.90. The van der Waals surface area contributed by atoms with Gasteiger partial charge in [-0.05, 0) is 5.18 Å². The maximum absolute atomic E-state index is 9.86. The first-order chi connectivity index (χ1) is 4.24. The van der Waals surface area contributed by atoms with Crippen molar-refractivity contribution in [2.75, 3.05) is 5.73 Å². The standard InChI is InChI=1S/C4H6N4O/c1-8-2-3(7-9)4(5)6-8/h2H,1H3,(H2,5,6). The van der Waals surface area contributed by atoms with E-state index in [9.17, 15) is 4.91 Å². The van der Waals surface area contributed by atoms with Gasteiger partial charge in [0.1, 0.15) is 0 Å². The molecule has 0 saturated heterocycles. The number of aryl methyl sites for hydroxylation is 1. The smallest absolute Gasteiger partial charge is 0.175 e. The molecule has 1 rings (SSSR count). The number of aromatic nitrogens is 2. The molecule has 5 heteroatoms. The van der Waals surface area contributed by atoms with Crippen molar-refractivity contribution in [3.05, 3.63) is 11.1 Å². The normalized spacial score (nSPS) is 9.44. The van der Waals surface area contributed by atoms with Gasteiger partial charge in [-0.1, -0.05) is 0 Å². The van der Waals surface area contributed by atoms with E-state index in [0.29, 0.717) is 0 Å². The molecule has 0 aliphatic heterocycles. The van der Waals surface area contributed by atoms with Gasteiger partial charge in [0.15, 0.2) is 11.5 Å². The van der Waals surface area contributed by atoms with Crippen LogP contribution in [0.4, 0.5) is 11.5 Å². The summed E-state index contributed by atoms with van der Waals surface area (Å²) >= 11 is 0. The lowest BCUT2D eigenvalue weighted by atomic mass is 10.5. The van der Waals surface area contributed by atoms with Crippen LogP contribution in [0.3, 0.4) is 0 Å². The molecule has 48 valence electrons. The van der Waals surface area contributed by atoms with E-state index < -0.39 is 0 Å². The highest BCUT2D eigenvalue weighted by molar-refractivity contribution is 5.55. The van der Waals surface area contributed by atoms with E-state index in [1.165, 1.54) is 10.9 Å². The van der Waals surface area contributed by atoms with E-state index in [1.807, 2.05) is 0 Å². The summed E-state index contributed by atoms with van der Waals surface area (Å²) in [5, 5.41) is 6.32. The Balaban J connectivity index is 3.15. The second kappa shape index (κ2) is 1.85. The molecule has 0 amide bonds. The fourth-order valence-electron chi connectivity index (χ4n) is 0.563. The number of anilines is 1. The molecule has 0 unspecified atom stereocenters. The monoisotopic (exact) mass is 126 g/mol. The van der Waals surface area contributed by atoms with Crippen LogP contribution in [0.25, 0.3) is 0 Å². The third-order valence-corrected chi connectivity index (χ3v) is 0.935. The molecule has 2 N–H and O–H groups in total.